The van der Waals surface area contributed by atoms with Gasteiger partial charge in [0.05, 0.1) is 11.6 Å². The molecule has 96 valence electrons. The number of nitriles is 1. The SMILES string of the molecule is N#Cc1ccc(C(=O)NC[C@H](O)c2cccs2)cc1. The number of amides is 1. The Bertz CT molecular complexity index is 585. The fourth-order valence-corrected chi connectivity index (χ4v) is 2.28. The van der Waals surface area contributed by atoms with Crippen LogP contribution in [0.25, 0.3) is 0 Å². The van der Waals surface area contributed by atoms with Crippen molar-refractivity contribution in [1.29, 1.82) is 5.26 Å². The molecule has 2 N–H and O–H groups in total. The summed E-state index contributed by atoms with van der Waals surface area (Å²) < 4.78 is 0. The largest absolute Gasteiger partial charge is 0.386 e. The van der Waals surface area contributed by atoms with E-state index in [1.165, 1.54) is 11.3 Å². The van der Waals surface area contributed by atoms with E-state index in [0.29, 0.717) is 11.1 Å². The topological polar surface area (TPSA) is 73.1 Å². The molecule has 2 rings (SSSR count). The highest BCUT2D eigenvalue weighted by Crippen LogP contribution is 2.17. The molecule has 1 aromatic heterocycles. The molecule has 0 saturated carbocycles. The van der Waals surface area contributed by atoms with E-state index < -0.39 is 6.10 Å². The van der Waals surface area contributed by atoms with Crippen molar-refractivity contribution in [3.63, 3.8) is 0 Å². The Balaban J connectivity index is 1.92. The highest BCUT2D eigenvalue weighted by molar-refractivity contribution is 7.10. The molecule has 1 amide bonds. The van der Waals surface area contributed by atoms with Gasteiger partial charge >= 0.3 is 0 Å². The maximum absolute atomic E-state index is 11.8. The first kappa shape index (κ1) is 13.3. The van der Waals surface area contributed by atoms with E-state index in [-0.39, 0.29) is 12.5 Å². The van der Waals surface area contributed by atoms with Crippen molar-refractivity contribution in [3.8, 4) is 6.07 Å². The van der Waals surface area contributed by atoms with Crippen LogP contribution in [0.4, 0.5) is 0 Å². The van der Waals surface area contributed by atoms with Gasteiger partial charge in [-0.3, -0.25) is 4.79 Å². The van der Waals surface area contributed by atoms with Crippen LogP contribution in [-0.2, 0) is 0 Å². The van der Waals surface area contributed by atoms with Gasteiger partial charge in [-0.1, -0.05) is 6.07 Å². The predicted octanol–water partition coefficient (Wildman–Crippen LogP) is 2.08. The van der Waals surface area contributed by atoms with E-state index in [1.54, 1.807) is 24.3 Å². The van der Waals surface area contributed by atoms with Crippen LogP contribution < -0.4 is 5.32 Å². The number of carbonyl (C=O) groups is 1. The number of nitrogens with one attached hydrogen (secondary N) is 1. The van der Waals surface area contributed by atoms with Crippen LogP contribution in [0.2, 0.25) is 0 Å². The first-order chi connectivity index (χ1) is 9.20. The van der Waals surface area contributed by atoms with Crippen LogP contribution in [0.5, 0.6) is 0 Å². The Morgan fingerprint density at radius 1 is 1.37 bits per heavy atom. The zero-order valence-corrected chi connectivity index (χ0v) is 10.9. The number of hydrogen-bond acceptors (Lipinski definition) is 4. The van der Waals surface area contributed by atoms with Crippen LogP contribution in [0, 0.1) is 11.3 Å². The van der Waals surface area contributed by atoms with Crippen molar-refractivity contribution in [1.82, 2.24) is 5.32 Å². The van der Waals surface area contributed by atoms with E-state index >= 15 is 0 Å². The molecule has 1 aromatic carbocycles. The molecule has 1 atom stereocenters. The molecule has 2 aromatic rings. The molecule has 0 aliphatic heterocycles. The number of hydrogen-bond donors (Lipinski definition) is 2. The molecule has 0 saturated heterocycles. The fraction of sp³-hybridized carbons (Fsp3) is 0.143. The number of aliphatic hydroxyl groups excluding tert-OH is 1. The number of aliphatic hydroxyl groups is 1. The molecule has 0 unspecified atom stereocenters. The predicted molar refractivity (Wildman–Crippen MR) is 72.8 cm³/mol. The summed E-state index contributed by atoms with van der Waals surface area (Å²) in [5, 5.41) is 23.0. The van der Waals surface area contributed by atoms with Gasteiger partial charge in [-0.15, -0.1) is 11.3 Å². The summed E-state index contributed by atoms with van der Waals surface area (Å²) in [6, 6.07) is 12.0. The lowest BCUT2D eigenvalue weighted by Gasteiger charge is -2.10. The number of benzene rings is 1. The number of nitrogens with zero attached hydrogens (tertiary/aromatic N) is 1. The second-order valence-electron chi connectivity index (χ2n) is 3.93. The average Bonchev–Trinajstić information content (AvgIpc) is 2.98. The molecule has 0 bridgehead atoms. The van der Waals surface area contributed by atoms with Crippen LogP contribution in [0.15, 0.2) is 41.8 Å². The van der Waals surface area contributed by atoms with E-state index in [2.05, 4.69) is 5.32 Å². The minimum atomic E-state index is -0.692. The van der Waals surface area contributed by atoms with Crippen LogP contribution in [0.1, 0.15) is 26.9 Å². The number of rotatable bonds is 4. The van der Waals surface area contributed by atoms with Crippen LogP contribution >= 0.6 is 11.3 Å². The van der Waals surface area contributed by atoms with Gasteiger partial charge in [0.25, 0.3) is 5.91 Å². The Labute approximate surface area is 114 Å². The summed E-state index contributed by atoms with van der Waals surface area (Å²) >= 11 is 1.45. The van der Waals surface area contributed by atoms with Gasteiger partial charge in [0, 0.05) is 17.0 Å². The molecule has 0 fully saturated rings. The van der Waals surface area contributed by atoms with E-state index in [1.807, 2.05) is 23.6 Å². The van der Waals surface area contributed by atoms with Gasteiger partial charge in [-0.05, 0) is 35.7 Å². The number of carbonyl (C=O) groups excluding carboxylic acids is 1. The highest BCUT2D eigenvalue weighted by atomic mass is 32.1. The van der Waals surface area contributed by atoms with Crippen molar-refractivity contribution in [2.24, 2.45) is 0 Å². The molecular formula is C14H12N2O2S. The molecule has 4 nitrogen and oxygen atoms in total. The first-order valence-electron chi connectivity index (χ1n) is 5.70. The summed E-state index contributed by atoms with van der Waals surface area (Å²) in [6.07, 6.45) is -0.692. The Morgan fingerprint density at radius 2 is 2.11 bits per heavy atom. The van der Waals surface area contributed by atoms with E-state index in [0.717, 1.165) is 4.88 Å². The van der Waals surface area contributed by atoms with Crippen LogP contribution in [0.3, 0.4) is 0 Å². The Kier molecular flexibility index (Phi) is 4.29. The smallest absolute Gasteiger partial charge is 0.251 e. The summed E-state index contributed by atoms with van der Waals surface area (Å²) in [7, 11) is 0. The second-order valence-corrected chi connectivity index (χ2v) is 4.91. The van der Waals surface area contributed by atoms with Gasteiger partial charge in [-0.25, -0.2) is 0 Å². The molecule has 0 radical (unpaired) electrons. The van der Waals surface area contributed by atoms with Crippen LogP contribution in [-0.4, -0.2) is 17.6 Å². The Hall–Kier alpha value is -2.16. The van der Waals surface area contributed by atoms with E-state index in [9.17, 15) is 9.90 Å². The summed E-state index contributed by atoms with van der Waals surface area (Å²) in [4.78, 5) is 12.6. The third kappa shape index (κ3) is 3.41. The summed E-state index contributed by atoms with van der Waals surface area (Å²) in [5.74, 6) is -0.264. The number of thiophene rings is 1. The van der Waals surface area contributed by atoms with Gasteiger partial charge in [0.2, 0.25) is 0 Å². The maximum Gasteiger partial charge on any atom is 0.251 e. The lowest BCUT2D eigenvalue weighted by atomic mass is 10.1. The third-order valence-electron chi connectivity index (χ3n) is 2.60. The molecule has 19 heavy (non-hydrogen) atoms. The second kappa shape index (κ2) is 6.14. The van der Waals surface area contributed by atoms with E-state index in [4.69, 9.17) is 5.26 Å². The van der Waals surface area contributed by atoms with Gasteiger partial charge in [0.1, 0.15) is 6.10 Å². The standard InChI is InChI=1S/C14H12N2O2S/c15-8-10-3-5-11(6-4-10)14(18)16-9-12(17)13-2-1-7-19-13/h1-7,12,17H,9H2,(H,16,18)/t12-/m0/s1. The normalized spacial score (nSPS) is 11.6. The van der Waals surface area contributed by atoms with Gasteiger partial charge < -0.3 is 10.4 Å². The zero-order chi connectivity index (χ0) is 13.7. The molecule has 5 heteroatoms. The van der Waals surface area contributed by atoms with Gasteiger partial charge in [-0.2, -0.15) is 5.26 Å². The van der Waals surface area contributed by atoms with Crippen molar-refractivity contribution in [3.05, 3.63) is 57.8 Å². The molecule has 0 aliphatic rings. The minimum Gasteiger partial charge on any atom is -0.386 e. The maximum atomic E-state index is 11.8. The average molecular weight is 272 g/mol. The van der Waals surface area contributed by atoms with Crippen molar-refractivity contribution < 1.29 is 9.90 Å². The highest BCUT2D eigenvalue weighted by Gasteiger charge is 2.11. The van der Waals surface area contributed by atoms with Crippen molar-refractivity contribution >= 4 is 17.2 Å². The fourth-order valence-electron chi connectivity index (χ4n) is 1.57. The quantitative estimate of drug-likeness (QED) is 0.895. The molecule has 1 heterocycles. The lowest BCUT2D eigenvalue weighted by Crippen LogP contribution is -2.28. The molecule has 0 aliphatic carbocycles. The summed E-state index contributed by atoms with van der Waals surface area (Å²) in [5.41, 5.74) is 0.979. The Morgan fingerprint density at radius 3 is 2.68 bits per heavy atom. The first-order valence-corrected chi connectivity index (χ1v) is 6.58. The summed E-state index contributed by atoms with van der Waals surface area (Å²) in [6.45, 7) is 0.166. The molecular weight excluding hydrogens is 260 g/mol. The zero-order valence-electron chi connectivity index (χ0n) is 10.0. The minimum absolute atomic E-state index is 0.166. The molecule has 0 spiro atoms. The monoisotopic (exact) mass is 272 g/mol. The lowest BCUT2D eigenvalue weighted by molar-refractivity contribution is 0.0918. The van der Waals surface area contributed by atoms with Gasteiger partial charge in [0.15, 0.2) is 0 Å². The third-order valence-corrected chi connectivity index (χ3v) is 3.58. The van der Waals surface area contributed by atoms with Crippen molar-refractivity contribution in [2.75, 3.05) is 6.54 Å². The van der Waals surface area contributed by atoms with Crippen molar-refractivity contribution in [2.45, 2.75) is 6.10 Å².